The molecule has 0 atom stereocenters. The van der Waals surface area contributed by atoms with Crippen molar-refractivity contribution in [1.82, 2.24) is 0 Å². The molecule has 0 saturated carbocycles. The number of nitrogens with one attached hydrogen (secondary N) is 1. The lowest BCUT2D eigenvalue weighted by Crippen LogP contribution is -2.19. The van der Waals surface area contributed by atoms with Gasteiger partial charge < -0.3 is 15.8 Å². The first-order valence-corrected chi connectivity index (χ1v) is 6.48. The third-order valence-corrected chi connectivity index (χ3v) is 3.08. The van der Waals surface area contributed by atoms with E-state index in [9.17, 15) is 9.18 Å². The second-order valence-corrected chi connectivity index (χ2v) is 4.62. The molecule has 0 radical (unpaired) electrons. The van der Waals surface area contributed by atoms with Crippen molar-refractivity contribution in [3.8, 4) is 5.75 Å². The first kappa shape index (κ1) is 14.9. The van der Waals surface area contributed by atoms with Crippen LogP contribution in [-0.2, 0) is 0 Å². The van der Waals surface area contributed by atoms with Crippen LogP contribution in [-0.4, -0.2) is 18.0 Å². The van der Waals surface area contributed by atoms with Gasteiger partial charge in [0.2, 0.25) is 0 Å². The van der Waals surface area contributed by atoms with E-state index in [0.717, 1.165) is 0 Å². The number of hydrogen-bond donors (Lipinski definition) is 2. The number of anilines is 1. The molecular weight excluding hydrogens is 291 g/mol. The van der Waals surface area contributed by atoms with E-state index in [1.165, 1.54) is 25.3 Å². The maximum absolute atomic E-state index is 13.9. The molecule has 2 aromatic carbocycles. The van der Waals surface area contributed by atoms with Crippen LogP contribution in [0, 0.1) is 5.82 Å². The number of ether oxygens (including phenoxy) is 1. The highest BCUT2D eigenvalue weighted by atomic mass is 32.1. The van der Waals surface area contributed by atoms with Crippen LogP contribution < -0.4 is 15.8 Å². The zero-order valence-corrected chi connectivity index (χ0v) is 12.0. The number of benzene rings is 2. The van der Waals surface area contributed by atoms with E-state index >= 15 is 0 Å². The van der Waals surface area contributed by atoms with Gasteiger partial charge in [0.05, 0.1) is 12.8 Å². The Balaban J connectivity index is 2.38. The molecule has 0 aliphatic rings. The van der Waals surface area contributed by atoms with E-state index in [4.69, 9.17) is 22.7 Å². The van der Waals surface area contributed by atoms with Crippen LogP contribution in [0.2, 0.25) is 0 Å². The molecular formula is C15H13FN2O2S. The minimum Gasteiger partial charge on any atom is -0.496 e. The lowest BCUT2D eigenvalue weighted by Gasteiger charge is -2.12. The summed E-state index contributed by atoms with van der Waals surface area (Å²) in [7, 11) is 1.37. The van der Waals surface area contributed by atoms with Crippen molar-refractivity contribution in [2.45, 2.75) is 0 Å². The normalized spacial score (nSPS) is 10.0. The third-order valence-electron chi connectivity index (χ3n) is 2.86. The van der Waals surface area contributed by atoms with Crippen molar-refractivity contribution in [3.05, 3.63) is 59.4 Å². The summed E-state index contributed by atoms with van der Waals surface area (Å²) in [4.78, 5) is 12.4. The molecule has 0 bridgehead atoms. The maximum atomic E-state index is 13.9. The summed E-state index contributed by atoms with van der Waals surface area (Å²) in [5.74, 6) is -1.14. The second kappa shape index (κ2) is 6.32. The number of nitrogens with two attached hydrogens (primary N) is 1. The smallest absolute Gasteiger partial charge is 0.262 e. The van der Waals surface area contributed by atoms with Crippen LogP contribution in [0.15, 0.2) is 42.5 Å². The van der Waals surface area contributed by atoms with Gasteiger partial charge >= 0.3 is 0 Å². The SMILES string of the molecule is COc1cccc(F)c1C(=O)Nc1ccccc1C(N)=S. The molecule has 0 spiro atoms. The van der Waals surface area contributed by atoms with Gasteiger partial charge in [-0.15, -0.1) is 0 Å². The van der Waals surface area contributed by atoms with Crippen LogP contribution >= 0.6 is 12.2 Å². The number of hydrogen-bond acceptors (Lipinski definition) is 3. The van der Waals surface area contributed by atoms with Gasteiger partial charge in [0.25, 0.3) is 5.91 Å². The predicted octanol–water partition coefficient (Wildman–Crippen LogP) is 2.72. The Labute approximate surface area is 126 Å². The number of rotatable bonds is 4. The number of thiocarbonyl (C=S) groups is 1. The molecule has 2 aromatic rings. The van der Waals surface area contributed by atoms with Crippen LogP contribution in [0.5, 0.6) is 5.75 Å². The van der Waals surface area contributed by atoms with E-state index < -0.39 is 11.7 Å². The summed E-state index contributed by atoms with van der Waals surface area (Å²) in [6, 6.07) is 10.9. The molecule has 3 N–H and O–H groups in total. The van der Waals surface area contributed by atoms with Gasteiger partial charge in [-0.25, -0.2) is 4.39 Å². The first-order valence-electron chi connectivity index (χ1n) is 6.07. The summed E-state index contributed by atoms with van der Waals surface area (Å²) < 4.78 is 18.9. The van der Waals surface area contributed by atoms with Crippen molar-refractivity contribution < 1.29 is 13.9 Å². The standard InChI is InChI=1S/C15H13FN2O2S/c1-20-12-8-4-6-10(16)13(12)15(19)18-11-7-3-2-5-9(11)14(17)21/h2-8H,1H3,(H2,17,21)(H,18,19). The molecule has 0 heterocycles. The maximum Gasteiger partial charge on any atom is 0.262 e. The molecule has 0 aliphatic heterocycles. The topological polar surface area (TPSA) is 64.3 Å². The molecule has 0 fully saturated rings. The highest BCUT2D eigenvalue weighted by Gasteiger charge is 2.18. The highest BCUT2D eigenvalue weighted by Crippen LogP contribution is 2.23. The average Bonchev–Trinajstić information content (AvgIpc) is 2.47. The fourth-order valence-corrected chi connectivity index (χ4v) is 2.06. The number of para-hydroxylation sites is 1. The number of amides is 1. The molecule has 0 aromatic heterocycles. The molecule has 2 rings (SSSR count). The largest absolute Gasteiger partial charge is 0.496 e. The van der Waals surface area contributed by atoms with Gasteiger partial charge in [-0.1, -0.05) is 30.4 Å². The number of halogens is 1. The lowest BCUT2D eigenvalue weighted by molar-refractivity contribution is 0.102. The number of carbonyl (C=O) groups is 1. The van der Waals surface area contributed by atoms with E-state index in [1.54, 1.807) is 24.3 Å². The van der Waals surface area contributed by atoms with E-state index in [0.29, 0.717) is 11.3 Å². The second-order valence-electron chi connectivity index (χ2n) is 4.18. The van der Waals surface area contributed by atoms with Gasteiger partial charge in [0.1, 0.15) is 22.1 Å². The van der Waals surface area contributed by atoms with Crippen LogP contribution in [0.3, 0.4) is 0 Å². The Hall–Kier alpha value is -2.47. The van der Waals surface area contributed by atoms with Gasteiger partial charge in [0, 0.05) is 5.56 Å². The zero-order chi connectivity index (χ0) is 15.4. The fourth-order valence-electron chi connectivity index (χ4n) is 1.89. The summed E-state index contributed by atoms with van der Waals surface area (Å²) >= 11 is 4.92. The Kier molecular flexibility index (Phi) is 4.49. The van der Waals surface area contributed by atoms with Crippen LogP contribution in [0.25, 0.3) is 0 Å². The van der Waals surface area contributed by atoms with Crippen LogP contribution in [0.1, 0.15) is 15.9 Å². The van der Waals surface area contributed by atoms with E-state index in [1.807, 2.05) is 0 Å². The summed E-state index contributed by atoms with van der Waals surface area (Å²) in [6.07, 6.45) is 0. The molecule has 1 amide bonds. The van der Waals surface area contributed by atoms with Gasteiger partial charge in [-0.2, -0.15) is 0 Å². The van der Waals surface area contributed by atoms with Crippen molar-refractivity contribution in [1.29, 1.82) is 0 Å². The molecule has 0 unspecified atom stereocenters. The first-order chi connectivity index (χ1) is 10.0. The molecule has 0 aliphatic carbocycles. The molecule has 108 valence electrons. The Morgan fingerprint density at radius 1 is 1.24 bits per heavy atom. The van der Waals surface area contributed by atoms with Gasteiger partial charge in [-0.05, 0) is 24.3 Å². The molecule has 0 saturated heterocycles. The van der Waals surface area contributed by atoms with Gasteiger partial charge in [-0.3, -0.25) is 4.79 Å². The van der Waals surface area contributed by atoms with Crippen LogP contribution in [0.4, 0.5) is 10.1 Å². The molecule has 4 nitrogen and oxygen atoms in total. The van der Waals surface area contributed by atoms with E-state index in [2.05, 4.69) is 5.32 Å². The van der Waals surface area contributed by atoms with Gasteiger partial charge in [0.15, 0.2) is 0 Å². The minimum atomic E-state index is -0.667. The Morgan fingerprint density at radius 2 is 1.95 bits per heavy atom. The fraction of sp³-hybridized carbons (Fsp3) is 0.0667. The lowest BCUT2D eigenvalue weighted by atomic mass is 10.1. The van der Waals surface area contributed by atoms with Crippen molar-refractivity contribution in [3.63, 3.8) is 0 Å². The minimum absolute atomic E-state index is 0.145. The van der Waals surface area contributed by atoms with Crippen molar-refractivity contribution in [2.75, 3.05) is 12.4 Å². The monoisotopic (exact) mass is 304 g/mol. The summed E-state index contributed by atoms with van der Waals surface area (Å²) in [6.45, 7) is 0. The number of carbonyl (C=O) groups excluding carboxylic acids is 1. The quantitative estimate of drug-likeness (QED) is 0.853. The predicted molar refractivity (Wildman–Crippen MR) is 83.2 cm³/mol. The zero-order valence-electron chi connectivity index (χ0n) is 11.2. The third kappa shape index (κ3) is 3.17. The Bertz CT molecular complexity index is 704. The van der Waals surface area contributed by atoms with E-state index in [-0.39, 0.29) is 16.3 Å². The summed E-state index contributed by atoms with van der Waals surface area (Å²) in [5.41, 5.74) is 6.35. The van der Waals surface area contributed by atoms with Crippen molar-refractivity contribution in [2.24, 2.45) is 5.73 Å². The summed E-state index contributed by atoms with van der Waals surface area (Å²) in [5, 5.41) is 2.60. The molecule has 21 heavy (non-hydrogen) atoms. The average molecular weight is 304 g/mol. The Morgan fingerprint density at radius 3 is 2.62 bits per heavy atom. The molecule has 6 heteroatoms. The highest BCUT2D eigenvalue weighted by molar-refractivity contribution is 7.80. The number of methoxy groups -OCH3 is 1. The van der Waals surface area contributed by atoms with Crippen molar-refractivity contribution >= 4 is 28.8 Å².